The number of carbonyl (C=O) groups excluding carboxylic acids is 1. The largest absolute Gasteiger partial charge is 0.340 e. The van der Waals surface area contributed by atoms with E-state index in [2.05, 4.69) is 4.90 Å². The van der Waals surface area contributed by atoms with Crippen molar-refractivity contribution in [2.45, 2.75) is 24.3 Å². The lowest BCUT2D eigenvalue weighted by atomic mass is 9.96. The van der Waals surface area contributed by atoms with E-state index in [0.717, 1.165) is 36.8 Å². The van der Waals surface area contributed by atoms with E-state index in [0.29, 0.717) is 39.0 Å². The molecule has 0 N–H and O–H groups in total. The molecule has 32 heavy (non-hydrogen) atoms. The van der Waals surface area contributed by atoms with Crippen LogP contribution in [-0.4, -0.2) is 67.7 Å². The lowest BCUT2D eigenvalue weighted by molar-refractivity contribution is -0.138. The van der Waals surface area contributed by atoms with Crippen LogP contribution >= 0.6 is 11.6 Å². The number of sulfonamides is 1. The number of piperazine rings is 1. The normalized spacial score (nSPS) is 19.2. The van der Waals surface area contributed by atoms with Crippen LogP contribution < -0.4 is 0 Å². The van der Waals surface area contributed by atoms with Gasteiger partial charge < -0.3 is 4.90 Å². The van der Waals surface area contributed by atoms with Crippen molar-refractivity contribution in [3.63, 3.8) is 0 Å². The molecule has 0 atom stereocenters. The first-order chi connectivity index (χ1) is 15.3. The second kappa shape index (κ2) is 9.87. The topological polar surface area (TPSA) is 60.9 Å². The van der Waals surface area contributed by atoms with Gasteiger partial charge in [-0.3, -0.25) is 9.69 Å². The van der Waals surface area contributed by atoms with Gasteiger partial charge in [-0.1, -0.05) is 23.7 Å². The molecule has 0 spiro atoms. The predicted octanol–water partition coefficient (Wildman–Crippen LogP) is 3.22. The zero-order valence-electron chi connectivity index (χ0n) is 17.8. The average Bonchev–Trinajstić information content (AvgIpc) is 2.81. The maximum Gasteiger partial charge on any atom is 0.243 e. The van der Waals surface area contributed by atoms with Crippen molar-refractivity contribution < 1.29 is 17.6 Å². The highest BCUT2D eigenvalue weighted by atomic mass is 35.5. The van der Waals surface area contributed by atoms with Gasteiger partial charge >= 0.3 is 0 Å². The van der Waals surface area contributed by atoms with Crippen molar-refractivity contribution in [1.82, 2.24) is 14.1 Å². The highest BCUT2D eigenvalue weighted by Gasteiger charge is 2.34. The van der Waals surface area contributed by atoms with Gasteiger partial charge in [-0.25, -0.2) is 12.8 Å². The van der Waals surface area contributed by atoms with Crippen molar-refractivity contribution in [1.29, 1.82) is 0 Å². The maximum absolute atomic E-state index is 13.1. The standard InChI is InChI=1S/C23H27ClFN3O3S/c24-20-3-1-18(2-4-20)17-26-13-15-27(16-14-26)23(29)19-9-11-28(12-10-19)32(30,31)22-7-5-21(25)6-8-22/h1-8,19H,9-17H2. The molecule has 2 aromatic carbocycles. The minimum absolute atomic E-state index is 0.0838. The van der Waals surface area contributed by atoms with E-state index >= 15 is 0 Å². The summed E-state index contributed by atoms with van der Waals surface area (Å²) in [5.74, 6) is -0.506. The maximum atomic E-state index is 13.1. The van der Waals surface area contributed by atoms with E-state index in [9.17, 15) is 17.6 Å². The van der Waals surface area contributed by atoms with Crippen molar-refractivity contribution in [3.8, 4) is 0 Å². The highest BCUT2D eigenvalue weighted by molar-refractivity contribution is 7.89. The molecule has 0 unspecified atom stereocenters. The van der Waals surface area contributed by atoms with Crippen LogP contribution in [0.15, 0.2) is 53.4 Å². The fourth-order valence-corrected chi connectivity index (χ4v) is 5.93. The van der Waals surface area contributed by atoms with Crippen molar-refractivity contribution in [2.75, 3.05) is 39.3 Å². The second-order valence-corrected chi connectivity index (χ2v) is 10.7. The number of benzene rings is 2. The minimum Gasteiger partial charge on any atom is -0.340 e. The Kier molecular flexibility index (Phi) is 7.14. The summed E-state index contributed by atoms with van der Waals surface area (Å²) in [5.41, 5.74) is 1.20. The monoisotopic (exact) mass is 479 g/mol. The Morgan fingerprint density at radius 2 is 1.50 bits per heavy atom. The summed E-state index contributed by atoms with van der Waals surface area (Å²) in [4.78, 5) is 17.3. The number of hydrogen-bond donors (Lipinski definition) is 0. The molecule has 9 heteroatoms. The molecule has 4 rings (SSSR count). The van der Waals surface area contributed by atoms with Crippen molar-refractivity contribution >= 4 is 27.5 Å². The summed E-state index contributed by atoms with van der Waals surface area (Å²) in [6, 6.07) is 12.7. The third-order valence-electron chi connectivity index (χ3n) is 6.26. The molecule has 0 saturated carbocycles. The van der Waals surface area contributed by atoms with Gasteiger partial charge in [0.05, 0.1) is 4.90 Å². The summed E-state index contributed by atoms with van der Waals surface area (Å²) in [6.45, 7) is 4.41. The Bertz CT molecular complexity index is 1030. The van der Waals surface area contributed by atoms with E-state index in [1.54, 1.807) is 0 Å². The Morgan fingerprint density at radius 1 is 0.906 bits per heavy atom. The van der Waals surface area contributed by atoms with Gasteiger partial charge in [0.1, 0.15) is 5.82 Å². The molecule has 0 aliphatic carbocycles. The summed E-state index contributed by atoms with van der Waals surface area (Å²) >= 11 is 5.95. The third kappa shape index (κ3) is 5.31. The number of halogens is 2. The average molecular weight is 480 g/mol. The van der Waals surface area contributed by atoms with Gasteiger partial charge in [0.2, 0.25) is 15.9 Å². The van der Waals surface area contributed by atoms with E-state index in [1.165, 1.54) is 22.0 Å². The van der Waals surface area contributed by atoms with Crippen LogP contribution in [0.4, 0.5) is 4.39 Å². The zero-order valence-corrected chi connectivity index (χ0v) is 19.4. The number of amides is 1. The molecule has 0 aromatic heterocycles. The van der Waals surface area contributed by atoms with Crippen LogP contribution in [0.1, 0.15) is 18.4 Å². The number of piperidine rings is 1. The van der Waals surface area contributed by atoms with Crippen molar-refractivity contribution in [2.24, 2.45) is 5.92 Å². The van der Waals surface area contributed by atoms with Gasteiger partial charge in [0.15, 0.2) is 0 Å². The molecule has 172 valence electrons. The van der Waals surface area contributed by atoms with Gasteiger partial charge in [-0.15, -0.1) is 0 Å². The first-order valence-electron chi connectivity index (χ1n) is 10.8. The first-order valence-corrected chi connectivity index (χ1v) is 12.7. The summed E-state index contributed by atoms with van der Waals surface area (Å²) in [5, 5.41) is 0.723. The third-order valence-corrected chi connectivity index (χ3v) is 8.42. The van der Waals surface area contributed by atoms with Crippen LogP contribution in [-0.2, 0) is 21.4 Å². The number of rotatable bonds is 5. The van der Waals surface area contributed by atoms with E-state index in [4.69, 9.17) is 11.6 Å². The molecule has 0 radical (unpaired) electrons. The van der Waals surface area contributed by atoms with E-state index in [1.807, 2.05) is 29.2 Å². The van der Waals surface area contributed by atoms with Crippen LogP contribution in [0.3, 0.4) is 0 Å². The van der Waals surface area contributed by atoms with Crippen LogP contribution in [0.5, 0.6) is 0 Å². The molecule has 2 heterocycles. The van der Waals surface area contributed by atoms with Gasteiger partial charge in [-0.05, 0) is 54.8 Å². The number of hydrogen-bond acceptors (Lipinski definition) is 4. The molecular formula is C23H27ClFN3O3S. The molecule has 0 bridgehead atoms. The SMILES string of the molecule is O=C(C1CCN(S(=O)(=O)c2ccc(F)cc2)CC1)N1CCN(Cc2ccc(Cl)cc2)CC1. The van der Waals surface area contributed by atoms with E-state index in [-0.39, 0.29) is 16.7 Å². The Morgan fingerprint density at radius 3 is 2.09 bits per heavy atom. The van der Waals surface area contributed by atoms with Gasteiger partial charge in [0, 0.05) is 56.8 Å². The fraction of sp³-hybridized carbons (Fsp3) is 0.435. The Hall–Kier alpha value is -2.00. The Labute approximate surface area is 193 Å². The van der Waals surface area contributed by atoms with Gasteiger partial charge in [0.25, 0.3) is 0 Å². The van der Waals surface area contributed by atoms with Crippen LogP contribution in [0.25, 0.3) is 0 Å². The van der Waals surface area contributed by atoms with Crippen molar-refractivity contribution in [3.05, 3.63) is 64.9 Å². The second-order valence-electron chi connectivity index (χ2n) is 8.36. The summed E-state index contributed by atoms with van der Waals surface area (Å²) < 4.78 is 40.1. The first kappa shape index (κ1) is 23.2. The quantitative estimate of drug-likeness (QED) is 0.660. The predicted molar refractivity (Wildman–Crippen MR) is 121 cm³/mol. The summed E-state index contributed by atoms with van der Waals surface area (Å²) in [7, 11) is -3.67. The molecule has 2 fully saturated rings. The van der Waals surface area contributed by atoms with Crippen LogP contribution in [0, 0.1) is 11.7 Å². The molecule has 1 amide bonds. The Balaban J connectivity index is 1.26. The molecular weight excluding hydrogens is 453 g/mol. The highest BCUT2D eigenvalue weighted by Crippen LogP contribution is 2.26. The minimum atomic E-state index is -3.67. The van der Waals surface area contributed by atoms with Crippen LogP contribution in [0.2, 0.25) is 5.02 Å². The molecule has 2 aliphatic heterocycles. The lowest BCUT2D eigenvalue weighted by Gasteiger charge is -2.38. The summed E-state index contributed by atoms with van der Waals surface area (Å²) in [6.07, 6.45) is 1.01. The van der Waals surface area contributed by atoms with Gasteiger partial charge in [-0.2, -0.15) is 4.31 Å². The lowest BCUT2D eigenvalue weighted by Crippen LogP contribution is -2.51. The molecule has 2 aliphatic rings. The fourth-order valence-electron chi connectivity index (χ4n) is 4.33. The molecule has 2 aromatic rings. The van der Waals surface area contributed by atoms with E-state index < -0.39 is 15.8 Å². The molecule has 2 saturated heterocycles. The zero-order chi connectivity index (χ0) is 22.7. The number of nitrogens with zero attached hydrogens (tertiary/aromatic N) is 3. The molecule has 6 nitrogen and oxygen atoms in total. The number of carbonyl (C=O) groups is 1. The smallest absolute Gasteiger partial charge is 0.243 e.